The maximum Gasteiger partial charge on any atom is 0.225 e. The molecule has 9 heteroatoms. The number of nitrogens with zero attached hydrogens (tertiary/aromatic N) is 7. The molecule has 0 bridgehead atoms. The fraction of sp³-hybridized carbons (Fsp3) is 0.174. The first-order valence-corrected chi connectivity index (χ1v) is 10.6. The molecule has 4 aromatic heterocycles. The van der Waals surface area contributed by atoms with Gasteiger partial charge in [0.25, 0.3) is 0 Å². The fourth-order valence-electron chi connectivity index (χ4n) is 4.14. The minimum Gasteiger partial charge on any atom is -0.353 e. The van der Waals surface area contributed by atoms with Crippen LogP contribution in [0.15, 0.2) is 67.3 Å². The second-order valence-electron chi connectivity index (χ2n) is 7.69. The third-order valence-corrected chi connectivity index (χ3v) is 5.74. The van der Waals surface area contributed by atoms with Gasteiger partial charge in [-0.2, -0.15) is 5.10 Å². The van der Waals surface area contributed by atoms with Gasteiger partial charge in [0.15, 0.2) is 5.82 Å². The quantitative estimate of drug-likeness (QED) is 0.454. The molecule has 1 aromatic carbocycles. The van der Waals surface area contributed by atoms with E-state index in [4.69, 9.17) is 4.98 Å². The lowest BCUT2D eigenvalue weighted by molar-refractivity contribution is 0.636. The first-order valence-electron chi connectivity index (χ1n) is 10.6. The van der Waals surface area contributed by atoms with Crippen LogP contribution in [0.2, 0.25) is 0 Å². The molecule has 0 aliphatic carbocycles. The molecular weight excluding hydrogens is 402 g/mol. The van der Waals surface area contributed by atoms with E-state index in [1.807, 2.05) is 30.5 Å². The maximum atomic E-state index is 4.70. The van der Waals surface area contributed by atoms with E-state index in [0.717, 1.165) is 65.4 Å². The molecule has 0 saturated carbocycles. The number of H-pyrrole nitrogens is 1. The van der Waals surface area contributed by atoms with Crippen molar-refractivity contribution in [3.63, 3.8) is 0 Å². The van der Waals surface area contributed by atoms with E-state index in [-0.39, 0.29) is 0 Å². The zero-order valence-corrected chi connectivity index (χ0v) is 17.3. The van der Waals surface area contributed by atoms with Gasteiger partial charge in [0, 0.05) is 62.0 Å². The van der Waals surface area contributed by atoms with Gasteiger partial charge in [-0.25, -0.2) is 15.0 Å². The van der Waals surface area contributed by atoms with Crippen molar-refractivity contribution in [3.8, 4) is 0 Å². The number of benzene rings is 1. The van der Waals surface area contributed by atoms with Crippen molar-refractivity contribution < 1.29 is 0 Å². The number of hydrogen-bond acceptors (Lipinski definition) is 8. The summed E-state index contributed by atoms with van der Waals surface area (Å²) in [5.74, 6) is 2.51. The first-order chi connectivity index (χ1) is 15.8. The van der Waals surface area contributed by atoms with E-state index >= 15 is 0 Å². The number of anilines is 4. The van der Waals surface area contributed by atoms with Crippen LogP contribution in [0.5, 0.6) is 0 Å². The Bertz CT molecular complexity index is 1370. The summed E-state index contributed by atoms with van der Waals surface area (Å²) in [6.07, 6.45) is 7.22. The number of rotatable bonds is 4. The minimum atomic E-state index is 0.716. The Morgan fingerprint density at radius 1 is 0.781 bits per heavy atom. The lowest BCUT2D eigenvalue weighted by atomic mass is 10.1. The normalized spacial score (nSPS) is 14.2. The van der Waals surface area contributed by atoms with Crippen molar-refractivity contribution in [1.82, 2.24) is 30.1 Å². The Labute approximate surface area is 184 Å². The number of fused-ring (bicyclic) bond motifs is 2. The van der Waals surface area contributed by atoms with Crippen LogP contribution in [0.25, 0.3) is 21.8 Å². The zero-order valence-electron chi connectivity index (χ0n) is 17.3. The van der Waals surface area contributed by atoms with Gasteiger partial charge in [0.05, 0.1) is 5.52 Å². The van der Waals surface area contributed by atoms with E-state index < -0.39 is 0 Å². The van der Waals surface area contributed by atoms with E-state index in [0.29, 0.717) is 5.82 Å². The number of nitrogens with one attached hydrogen (secondary N) is 2. The molecule has 1 saturated heterocycles. The van der Waals surface area contributed by atoms with E-state index in [2.05, 4.69) is 58.5 Å². The molecule has 0 amide bonds. The van der Waals surface area contributed by atoms with Crippen molar-refractivity contribution in [2.24, 2.45) is 0 Å². The molecule has 5 heterocycles. The van der Waals surface area contributed by atoms with Crippen molar-refractivity contribution in [2.45, 2.75) is 0 Å². The summed E-state index contributed by atoms with van der Waals surface area (Å²) in [5, 5.41) is 13.0. The lowest BCUT2D eigenvalue weighted by Crippen LogP contribution is -2.47. The Morgan fingerprint density at radius 3 is 2.47 bits per heavy atom. The zero-order chi connectivity index (χ0) is 21.3. The van der Waals surface area contributed by atoms with Crippen LogP contribution in [0.1, 0.15) is 0 Å². The number of pyridine rings is 2. The monoisotopic (exact) mass is 423 g/mol. The summed E-state index contributed by atoms with van der Waals surface area (Å²) >= 11 is 0. The van der Waals surface area contributed by atoms with Crippen LogP contribution in [-0.2, 0) is 0 Å². The molecule has 158 valence electrons. The number of aromatic amines is 1. The molecule has 9 nitrogen and oxygen atoms in total. The Balaban J connectivity index is 1.24. The second kappa shape index (κ2) is 7.77. The maximum absolute atomic E-state index is 4.70. The first kappa shape index (κ1) is 18.5. The van der Waals surface area contributed by atoms with Gasteiger partial charge in [-0.15, -0.1) is 0 Å². The predicted octanol–water partition coefficient (Wildman–Crippen LogP) is 3.37. The average molecular weight is 423 g/mol. The number of hydrogen-bond donors (Lipinski definition) is 2. The largest absolute Gasteiger partial charge is 0.353 e. The number of piperazine rings is 1. The Kier molecular flexibility index (Phi) is 4.49. The summed E-state index contributed by atoms with van der Waals surface area (Å²) < 4.78 is 0. The van der Waals surface area contributed by atoms with Crippen LogP contribution in [0.4, 0.5) is 23.3 Å². The van der Waals surface area contributed by atoms with Gasteiger partial charge in [-0.3, -0.25) is 10.1 Å². The SMILES string of the molecule is c1cnc(N2CCN(c3nccc4cc(Nc5n[nH]c6cccnc56)ccc34)CC2)nc1. The molecule has 0 atom stereocenters. The van der Waals surface area contributed by atoms with Crippen molar-refractivity contribution in [1.29, 1.82) is 0 Å². The molecule has 1 fully saturated rings. The highest BCUT2D eigenvalue weighted by Gasteiger charge is 2.21. The van der Waals surface area contributed by atoms with Gasteiger partial charge in [0.2, 0.25) is 5.95 Å². The Hall–Kier alpha value is -4.27. The van der Waals surface area contributed by atoms with Gasteiger partial charge in [0.1, 0.15) is 11.3 Å². The third kappa shape index (κ3) is 3.33. The molecule has 32 heavy (non-hydrogen) atoms. The summed E-state index contributed by atoms with van der Waals surface area (Å²) in [7, 11) is 0. The smallest absolute Gasteiger partial charge is 0.225 e. The van der Waals surface area contributed by atoms with Crippen LogP contribution in [0.3, 0.4) is 0 Å². The highest BCUT2D eigenvalue weighted by molar-refractivity contribution is 5.95. The summed E-state index contributed by atoms with van der Waals surface area (Å²) in [6.45, 7) is 3.46. The standard InChI is InChI=1S/C23H21N9/c1-3-19-20(24-7-1)21(30-29-19)28-17-4-5-18-16(15-17)6-10-25-22(18)31-11-13-32(14-12-31)23-26-8-2-9-27-23/h1-10,15H,11-14H2,(H2,28,29,30). The topological polar surface area (TPSA) is 98.8 Å². The average Bonchev–Trinajstić information content (AvgIpc) is 3.27. The molecule has 1 aliphatic rings. The van der Waals surface area contributed by atoms with E-state index in [1.165, 1.54) is 0 Å². The highest BCUT2D eigenvalue weighted by Crippen LogP contribution is 2.30. The summed E-state index contributed by atoms with van der Waals surface area (Å²) in [6, 6.07) is 14.0. The van der Waals surface area contributed by atoms with Crippen LogP contribution < -0.4 is 15.1 Å². The molecule has 0 spiro atoms. The third-order valence-electron chi connectivity index (χ3n) is 5.74. The molecule has 5 aromatic rings. The summed E-state index contributed by atoms with van der Waals surface area (Å²) in [4.78, 5) is 22.4. The van der Waals surface area contributed by atoms with Crippen molar-refractivity contribution >= 4 is 45.1 Å². The van der Waals surface area contributed by atoms with Crippen LogP contribution >= 0.6 is 0 Å². The molecule has 0 unspecified atom stereocenters. The van der Waals surface area contributed by atoms with E-state index in [9.17, 15) is 0 Å². The molecular formula is C23H21N9. The fourth-order valence-corrected chi connectivity index (χ4v) is 4.14. The summed E-state index contributed by atoms with van der Waals surface area (Å²) in [5.41, 5.74) is 2.69. The van der Waals surface area contributed by atoms with Crippen LogP contribution in [0, 0.1) is 0 Å². The molecule has 1 aliphatic heterocycles. The molecule has 0 radical (unpaired) electrons. The van der Waals surface area contributed by atoms with Gasteiger partial charge in [-0.1, -0.05) is 0 Å². The van der Waals surface area contributed by atoms with Gasteiger partial charge >= 0.3 is 0 Å². The molecule has 2 N–H and O–H groups in total. The predicted molar refractivity (Wildman–Crippen MR) is 125 cm³/mol. The van der Waals surface area contributed by atoms with Crippen molar-refractivity contribution in [2.75, 3.05) is 41.3 Å². The lowest BCUT2D eigenvalue weighted by Gasteiger charge is -2.35. The number of aromatic nitrogens is 6. The second-order valence-corrected chi connectivity index (χ2v) is 7.69. The van der Waals surface area contributed by atoms with Gasteiger partial charge in [-0.05, 0) is 47.9 Å². The Morgan fingerprint density at radius 2 is 1.59 bits per heavy atom. The molecule has 6 rings (SSSR count). The van der Waals surface area contributed by atoms with Crippen molar-refractivity contribution in [3.05, 3.63) is 67.3 Å². The van der Waals surface area contributed by atoms with E-state index in [1.54, 1.807) is 18.6 Å². The highest BCUT2D eigenvalue weighted by atomic mass is 15.3. The minimum absolute atomic E-state index is 0.716. The van der Waals surface area contributed by atoms with Gasteiger partial charge < -0.3 is 15.1 Å². The van der Waals surface area contributed by atoms with Crippen LogP contribution in [-0.4, -0.2) is 56.3 Å².